The van der Waals surface area contributed by atoms with Gasteiger partial charge in [-0.2, -0.15) is 14.7 Å². The number of aryl methyl sites for hydroxylation is 1. The lowest BCUT2D eigenvalue weighted by molar-refractivity contribution is -0.117. The number of carbonyl (C=O) groups excluding carboxylic acids is 1. The molecular weight excluding hydrogens is 348 g/mol. The fourth-order valence-corrected chi connectivity index (χ4v) is 3.33. The van der Waals surface area contributed by atoms with Crippen LogP contribution < -0.4 is 5.32 Å². The first-order valence-corrected chi connectivity index (χ1v) is 8.73. The third-order valence-corrected chi connectivity index (χ3v) is 4.71. The molecule has 0 aliphatic carbocycles. The van der Waals surface area contributed by atoms with Gasteiger partial charge in [0, 0.05) is 20.3 Å². The predicted octanol–water partition coefficient (Wildman–Crippen LogP) is 0.537. The largest absolute Gasteiger partial charge is 0.381 e. The first-order valence-electron chi connectivity index (χ1n) is 8.73. The highest BCUT2D eigenvalue weighted by molar-refractivity contribution is 5.89. The minimum atomic E-state index is -0.348. The number of ether oxygens (including phenoxy) is 1. The van der Waals surface area contributed by atoms with Crippen LogP contribution in [0.1, 0.15) is 24.2 Å². The molecule has 1 fully saturated rings. The van der Waals surface area contributed by atoms with Gasteiger partial charge in [-0.1, -0.05) is 30.3 Å². The molecule has 4 rings (SSSR count). The quantitative estimate of drug-likeness (QED) is 0.699. The van der Waals surface area contributed by atoms with Crippen LogP contribution in [-0.2, 0) is 28.5 Å². The zero-order valence-corrected chi connectivity index (χ0v) is 14.9. The minimum Gasteiger partial charge on any atom is -0.381 e. The summed E-state index contributed by atoms with van der Waals surface area (Å²) in [5, 5.41) is 23.4. The van der Waals surface area contributed by atoms with Crippen molar-refractivity contribution in [1.29, 1.82) is 0 Å². The maximum absolute atomic E-state index is 12.2. The lowest BCUT2D eigenvalue weighted by Crippen LogP contribution is -2.36. The molecule has 10 heteroatoms. The Hall–Kier alpha value is -3.14. The summed E-state index contributed by atoms with van der Waals surface area (Å²) in [6.07, 6.45) is 3.02. The maximum Gasteiger partial charge on any atom is 0.249 e. The van der Waals surface area contributed by atoms with E-state index in [-0.39, 0.29) is 17.9 Å². The van der Waals surface area contributed by atoms with Gasteiger partial charge in [0.1, 0.15) is 6.54 Å². The van der Waals surface area contributed by atoms with Crippen molar-refractivity contribution in [3.63, 3.8) is 0 Å². The molecule has 0 atom stereocenters. The van der Waals surface area contributed by atoms with Gasteiger partial charge in [0.15, 0.2) is 11.6 Å². The molecule has 0 radical (unpaired) electrons. The lowest BCUT2D eigenvalue weighted by Gasteiger charge is -2.34. The van der Waals surface area contributed by atoms with E-state index in [0.717, 1.165) is 18.4 Å². The molecule has 3 aromatic rings. The molecule has 10 nitrogen and oxygen atoms in total. The Labute approximate surface area is 155 Å². The molecule has 0 unspecified atom stereocenters. The van der Waals surface area contributed by atoms with E-state index in [4.69, 9.17) is 4.74 Å². The van der Waals surface area contributed by atoms with Crippen LogP contribution in [0.3, 0.4) is 0 Å². The zero-order chi connectivity index (χ0) is 18.7. The van der Waals surface area contributed by atoms with Crippen LogP contribution in [-0.4, -0.2) is 54.3 Å². The molecule has 27 heavy (non-hydrogen) atoms. The normalized spacial score (nSPS) is 16.2. The number of nitrogens with one attached hydrogen (secondary N) is 1. The van der Waals surface area contributed by atoms with Crippen molar-refractivity contribution >= 4 is 11.7 Å². The Kier molecular flexibility index (Phi) is 4.63. The average Bonchev–Trinajstić information content (AvgIpc) is 3.32. The van der Waals surface area contributed by atoms with Gasteiger partial charge in [0.2, 0.25) is 5.91 Å². The van der Waals surface area contributed by atoms with Crippen LogP contribution in [0, 0.1) is 0 Å². The monoisotopic (exact) mass is 368 g/mol. The highest BCUT2D eigenvalue weighted by atomic mass is 16.5. The summed E-state index contributed by atoms with van der Waals surface area (Å²) >= 11 is 0. The molecule has 0 spiro atoms. The van der Waals surface area contributed by atoms with E-state index < -0.39 is 0 Å². The zero-order valence-electron chi connectivity index (χ0n) is 14.9. The molecule has 3 heterocycles. The number of nitrogens with zero attached hydrogens (tertiary/aromatic N) is 7. The average molecular weight is 368 g/mol. The summed E-state index contributed by atoms with van der Waals surface area (Å²) in [7, 11) is 1.68. The summed E-state index contributed by atoms with van der Waals surface area (Å²) in [5.74, 6) is 0.706. The third-order valence-electron chi connectivity index (χ3n) is 4.71. The highest BCUT2D eigenvalue weighted by Crippen LogP contribution is 2.38. The fourth-order valence-electron chi connectivity index (χ4n) is 3.33. The number of anilines is 1. The van der Waals surface area contributed by atoms with Gasteiger partial charge in [-0.15, -0.1) is 15.3 Å². The van der Waals surface area contributed by atoms with Crippen molar-refractivity contribution in [2.45, 2.75) is 24.8 Å². The molecular formula is C17H20N8O2. The van der Waals surface area contributed by atoms with E-state index in [1.807, 2.05) is 18.2 Å². The van der Waals surface area contributed by atoms with E-state index >= 15 is 0 Å². The van der Waals surface area contributed by atoms with Crippen LogP contribution in [0.15, 0.2) is 36.5 Å². The Bertz CT molecular complexity index is 914. The number of tetrazole rings is 1. The van der Waals surface area contributed by atoms with E-state index in [9.17, 15) is 4.79 Å². The van der Waals surface area contributed by atoms with Crippen LogP contribution in [0.4, 0.5) is 5.82 Å². The topological polar surface area (TPSA) is 113 Å². The summed E-state index contributed by atoms with van der Waals surface area (Å²) in [4.78, 5) is 14.9. The van der Waals surface area contributed by atoms with Gasteiger partial charge in [-0.25, -0.2) is 0 Å². The molecule has 1 amide bonds. The first-order chi connectivity index (χ1) is 13.2. The van der Waals surface area contributed by atoms with Gasteiger partial charge in [0.25, 0.3) is 0 Å². The Balaban J connectivity index is 1.54. The molecule has 1 aromatic carbocycles. The van der Waals surface area contributed by atoms with Crippen LogP contribution in [0.5, 0.6) is 0 Å². The lowest BCUT2D eigenvalue weighted by atomic mass is 9.73. The van der Waals surface area contributed by atoms with Gasteiger partial charge < -0.3 is 10.1 Å². The standard InChI is InChI=1S/C17H20N8O2/c1-24-18-11-14(21-24)19-15(26)12-25-22-16(20-23-25)17(7-9-27-10-8-17)13-5-3-2-4-6-13/h2-6,11H,7-10,12H2,1H3,(H,19,21,26). The van der Waals surface area contributed by atoms with E-state index in [2.05, 4.69) is 43.1 Å². The number of rotatable bonds is 5. The van der Waals surface area contributed by atoms with E-state index in [0.29, 0.717) is 24.9 Å². The van der Waals surface area contributed by atoms with Crippen molar-refractivity contribution in [1.82, 2.24) is 35.2 Å². The molecule has 1 N–H and O–H groups in total. The summed E-state index contributed by atoms with van der Waals surface area (Å²) in [6, 6.07) is 10.1. The molecule has 2 aromatic heterocycles. The van der Waals surface area contributed by atoms with Crippen molar-refractivity contribution in [3.05, 3.63) is 47.9 Å². The SMILES string of the molecule is Cn1ncc(NC(=O)Cn2nnc(C3(c4ccccc4)CCOCC3)n2)n1. The Morgan fingerprint density at radius 2 is 2.00 bits per heavy atom. The molecule has 1 aliphatic heterocycles. The number of amides is 1. The fraction of sp³-hybridized carbons (Fsp3) is 0.412. The summed E-state index contributed by atoms with van der Waals surface area (Å²) in [6.45, 7) is 1.22. The summed E-state index contributed by atoms with van der Waals surface area (Å²) in [5.41, 5.74) is 0.788. The van der Waals surface area contributed by atoms with Crippen molar-refractivity contribution in [3.8, 4) is 0 Å². The second kappa shape index (κ2) is 7.23. The Morgan fingerprint density at radius 1 is 1.22 bits per heavy atom. The van der Waals surface area contributed by atoms with Crippen molar-refractivity contribution in [2.75, 3.05) is 18.5 Å². The van der Waals surface area contributed by atoms with Gasteiger partial charge in [-0.05, 0) is 23.6 Å². The molecule has 0 bridgehead atoms. The number of carbonyl (C=O) groups is 1. The predicted molar refractivity (Wildman–Crippen MR) is 94.7 cm³/mol. The van der Waals surface area contributed by atoms with Gasteiger partial charge in [-0.3, -0.25) is 4.79 Å². The number of hydrogen-bond acceptors (Lipinski definition) is 7. The Morgan fingerprint density at radius 3 is 2.70 bits per heavy atom. The minimum absolute atomic E-state index is 0.0507. The second-order valence-corrected chi connectivity index (χ2v) is 6.47. The first kappa shape index (κ1) is 17.3. The number of aromatic nitrogens is 7. The highest BCUT2D eigenvalue weighted by Gasteiger charge is 2.40. The van der Waals surface area contributed by atoms with Gasteiger partial charge in [0.05, 0.1) is 11.6 Å². The molecule has 1 saturated heterocycles. The van der Waals surface area contributed by atoms with Gasteiger partial charge >= 0.3 is 0 Å². The third kappa shape index (κ3) is 3.56. The van der Waals surface area contributed by atoms with E-state index in [1.54, 1.807) is 7.05 Å². The molecule has 140 valence electrons. The van der Waals surface area contributed by atoms with Crippen LogP contribution in [0.2, 0.25) is 0 Å². The van der Waals surface area contributed by atoms with Crippen LogP contribution >= 0.6 is 0 Å². The number of benzene rings is 1. The molecule has 0 saturated carbocycles. The van der Waals surface area contributed by atoms with Crippen LogP contribution in [0.25, 0.3) is 0 Å². The van der Waals surface area contributed by atoms with Crippen molar-refractivity contribution < 1.29 is 9.53 Å². The van der Waals surface area contributed by atoms with E-state index in [1.165, 1.54) is 15.8 Å². The maximum atomic E-state index is 12.2. The second-order valence-electron chi connectivity index (χ2n) is 6.47. The molecule has 1 aliphatic rings. The number of hydrogen-bond donors (Lipinski definition) is 1. The summed E-state index contributed by atoms with van der Waals surface area (Å²) < 4.78 is 5.55. The van der Waals surface area contributed by atoms with Crippen molar-refractivity contribution in [2.24, 2.45) is 7.05 Å². The smallest absolute Gasteiger partial charge is 0.249 e.